The lowest BCUT2D eigenvalue weighted by Gasteiger charge is -2.43. The zero-order valence-electron chi connectivity index (χ0n) is 10.1. The fraction of sp³-hybridized carbons (Fsp3) is 0.429. The van der Waals surface area contributed by atoms with E-state index in [1.54, 1.807) is 0 Å². The molecule has 88 valence electrons. The molecule has 3 rings (SSSR count). The number of hydrogen-bond acceptors (Lipinski definition) is 3. The Bertz CT molecular complexity index is 519. The van der Waals surface area contributed by atoms with Gasteiger partial charge in [0.1, 0.15) is 6.04 Å². The topological polar surface area (TPSA) is 37.4 Å². The average molecular weight is 229 g/mol. The molecular formula is C14H15NO2. The first kappa shape index (κ1) is 10.7. The summed E-state index contributed by atoms with van der Waals surface area (Å²) in [6.07, 6.45) is 0.889. The third kappa shape index (κ3) is 1.39. The lowest BCUT2D eigenvalue weighted by atomic mass is 9.82. The summed E-state index contributed by atoms with van der Waals surface area (Å²) in [4.78, 5) is 25.7. The largest absolute Gasteiger partial charge is 0.289 e. The molecule has 2 heterocycles. The molecule has 0 aliphatic carbocycles. The first-order valence-corrected chi connectivity index (χ1v) is 5.92. The van der Waals surface area contributed by atoms with Crippen molar-refractivity contribution in [2.24, 2.45) is 0 Å². The van der Waals surface area contributed by atoms with E-state index in [-0.39, 0.29) is 29.7 Å². The molecule has 1 fully saturated rings. The summed E-state index contributed by atoms with van der Waals surface area (Å²) in [5.74, 6) is -0.495. The predicted molar refractivity (Wildman–Crippen MR) is 63.7 cm³/mol. The Hall–Kier alpha value is -1.48. The lowest BCUT2D eigenvalue weighted by molar-refractivity contribution is -0.134. The molecule has 0 saturated carbocycles. The summed E-state index contributed by atoms with van der Waals surface area (Å²) in [7, 11) is 0. The lowest BCUT2D eigenvalue weighted by Crippen LogP contribution is -2.49. The van der Waals surface area contributed by atoms with Gasteiger partial charge in [0, 0.05) is 5.54 Å². The van der Waals surface area contributed by atoms with E-state index in [4.69, 9.17) is 0 Å². The van der Waals surface area contributed by atoms with E-state index in [2.05, 4.69) is 19.9 Å². The summed E-state index contributed by atoms with van der Waals surface area (Å²) < 4.78 is 0. The molecule has 2 aliphatic rings. The molecule has 0 aromatic heterocycles. The van der Waals surface area contributed by atoms with Crippen LogP contribution in [0.2, 0.25) is 0 Å². The predicted octanol–water partition coefficient (Wildman–Crippen LogP) is 1.52. The van der Waals surface area contributed by atoms with E-state index in [1.807, 2.05) is 23.1 Å². The number of carbonyl (C=O) groups excluding carboxylic acids is 2. The standard InChI is InChI=1S/C14H15NO2/c1-14(2)7-9-5-3-4-6-10(9)12-13(17)11(16)8-15(12)14/h3-6,12H,7-8H2,1-2H3. The molecule has 1 aromatic rings. The van der Waals surface area contributed by atoms with Crippen molar-refractivity contribution >= 4 is 11.6 Å². The highest BCUT2D eigenvalue weighted by Crippen LogP contribution is 2.41. The maximum Gasteiger partial charge on any atom is 0.221 e. The van der Waals surface area contributed by atoms with E-state index < -0.39 is 0 Å². The number of ketones is 2. The van der Waals surface area contributed by atoms with Crippen LogP contribution in [0.1, 0.15) is 31.0 Å². The first-order chi connectivity index (χ1) is 8.00. The molecule has 0 spiro atoms. The second-order valence-corrected chi connectivity index (χ2v) is 5.51. The van der Waals surface area contributed by atoms with Gasteiger partial charge < -0.3 is 0 Å². The van der Waals surface area contributed by atoms with Crippen LogP contribution in [0.15, 0.2) is 24.3 Å². The molecule has 0 amide bonds. The fourth-order valence-electron chi connectivity index (χ4n) is 3.02. The van der Waals surface area contributed by atoms with E-state index in [9.17, 15) is 9.59 Å². The normalized spacial score (nSPS) is 26.8. The van der Waals surface area contributed by atoms with Gasteiger partial charge in [-0.2, -0.15) is 0 Å². The van der Waals surface area contributed by atoms with Gasteiger partial charge in [0.05, 0.1) is 6.54 Å². The van der Waals surface area contributed by atoms with Crippen LogP contribution in [-0.4, -0.2) is 28.6 Å². The van der Waals surface area contributed by atoms with Crippen molar-refractivity contribution in [3.63, 3.8) is 0 Å². The number of nitrogens with zero attached hydrogens (tertiary/aromatic N) is 1. The minimum atomic E-state index is -0.345. The summed E-state index contributed by atoms with van der Waals surface area (Å²) in [5, 5.41) is 0. The van der Waals surface area contributed by atoms with Crippen LogP contribution in [0.3, 0.4) is 0 Å². The molecule has 1 atom stereocenters. The zero-order valence-corrected chi connectivity index (χ0v) is 10.1. The van der Waals surface area contributed by atoms with E-state index in [1.165, 1.54) is 5.56 Å². The van der Waals surface area contributed by atoms with Gasteiger partial charge in [0.25, 0.3) is 0 Å². The quantitative estimate of drug-likeness (QED) is 0.633. The number of rotatable bonds is 0. The van der Waals surface area contributed by atoms with Gasteiger partial charge in [-0.3, -0.25) is 14.5 Å². The molecule has 0 bridgehead atoms. The third-order valence-electron chi connectivity index (χ3n) is 3.90. The minimum Gasteiger partial charge on any atom is -0.289 e. The average Bonchev–Trinajstić information content (AvgIpc) is 2.57. The monoisotopic (exact) mass is 229 g/mol. The molecule has 3 heteroatoms. The van der Waals surface area contributed by atoms with Crippen molar-refractivity contribution < 1.29 is 9.59 Å². The van der Waals surface area contributed by atoms with Crippen LogP contribution in [0.25, 0.3) is 0 Å². The number of fused-ring (bicyclic) bond motifs is 3. The first-order valence-electron chi connectivity index (χ1n) is 5.92. The number of Topliss-reactive ketones (excluding diaryl/α,β-unsaturated/α-hetero) is 2. The van der Waals surface area contributed by atoms with Gasteiger partial charge in [-0.05, 0) is 31.4 Å². The fourth-order valence-corrected chi connectivity index (χ4v) is 3.02. The van der Waals surface area contributed by atoms with Crippen molar-refractivity contribution in [1.82, 2.24) is 4.90 Å². The van der Waals surface area contributed by atoms with Crippen LogP contribution < -0.4 is 0 Å². The van der Waals surface area contributed by atoms with E-state index in [0.717, 1.165) is 12.0 Å². The molecule has 1 saturated heterocycles. The Kier molecular flexibility index (Phi) is 2.05. The Morgan fingerprint density at radius 2 is 1.94 bits per heavy atom. The Morgan fingerprint density at radius 3 is 2.71 bits per heavy atom. The molecule has 17 heavy (non-hydrogen) atoms. The summed E-state index contributed by atoms with van der Waals surface area (Å²) >= 11 is 0. The van der Waals surface area contributed by atoms with Crippen molar-refractivity contribution in [3.05, 3.63) is 35.4 Å². The SMILES string of the molecule is CC1(C)Cc2ccccc2C2C(=O)C(=O)CN21. The third-order valence-corrected chi connectivity index (χ3v) is 3.90. The van der Waals surface area contributed by atoms with Crippen molar-refractivity contribution in [2.75, 3.05) is 6.54 Å². The summed E-state index contributed by atoms with van der Waals surface area (Å²) in [6, 6.07) is 7.61. The van der Waals surface area contributed by atoms with Crippen LogP contribution in [0.4, 0.5) is 0 Å². The molecule has 1 unspecified atom stereocenters. The van der Waals surface area contributed by atoms with Gasteiger partial charge in [-0.1, -0.05) is 24.3 Å². The highest BCUT2D eigenvalue weighted by atomic mass is 16.2. The highest BCUT2D eigenvalue weighted by molar-refractivity contribution is 6.42. The van der Waals surface area contributed by atoms with Crippen molar-refractivity contribution in [3.8, 4) is 0 Å². The summed E-state index contributed by atoms with van der Waals surface area (Å²) in [5.41, 5.74) is 2.09. The molecule has 3 nitrogen and oxygen atoms in total. The Morgan fingerprint density at radius 1 is 1.24 bits per heavy atom. The maximum absolute atomic E-state index is 12.0. The van der Waals surface area contributed by atoms with E-state index >= 15 is 0 Å². The van der Waals surface area contributed by atoms with Gasteiger partial charge >= 0.3 is 0 Å². The smallest absolute Gasteiger partial charge is 0.221 e. The van der Waals surface area contributed by atoms with Crippen LogP contribution in [-0.2, 0) is 16.0 Å². The molecule has 1 aromatic carbocycles. The van der Waals surface area contributed by atoms with Gasteiger partial charge in [-0.15, -0.1) is 0 Å². The Balaban J connectivity index is 2.19. The molecule has 2 aliphatic heterocycles. The molecular weight excluding hydrogens is 214 g/mol. The number of benzene rings is 1. The molecule has 0 radical (unpaired) electrons. The van der Waals surface area contributed by atoms with Crippen molar-refractivity contribution in [2.45, 2.75) is 31.8 Å². The maximum atomic E-state index is 12.0. The highest BCUT2D eigenvalue weighted by Gasteiger charge is 2.49. The van der Waals surface area contributed by atoms with Crippen LogP contribution >= 0.6 is 0 Å². The zero-order chi connectivity index (χ0) is 12.2. The van der Waals surface area contributed by atoms with Crippen LogP contribution in [0.5, 0.6) is 0 Å². The van der Waals surface area contributed by atoms with Crippen molar-refractivity contribution in [1.29, 1.82) is 0 Å². The van der Waals surface area contributed by atoms with E-state index in [0.29, 0.717) is 0 Å². The summed E-state index contributed by atoms with van der Waals surface area (Å²) in [6.45, 7) is 4.47. The Labute approximate surface area is 100 Å². The minimum absolute atomic E-state index is 0.124. The van der Waals surface area contributed by atoms with Gasteiger partial charge in [0.2, 0.25) is 11.6 Å². The second-order valence-electron chi connectivity index (χ2n) is 5.51. The van der Waals surface area contributed by atoms with Crippen LogP contribution in [0, 0.1) is 0 Å². The number of hydrogen-bond donors (Lipinski definition) is 0. The number of carbonyl (C=O) groups is 2. The molecule has 0 N–H and O–H groups in total. The second kappa shape index (κ2) is 3.26. The van der Waals surface area contributed by atoms with Gasteiger partial charge in [0.15, 0.2) is 0 Å². The van der Waals surface area contributed by atoms with Gasteiger partial charge in [-0.25, -0.2) is 0 Å².